The zero-order chi connectivity index (χ0) is 31.0. The maximum atomic E-state index is 16.0. The van der Waals surface area contributed by atoms with Crippen LogP contribution in [-0.2, 0) is 4.74 Å². The number of hydrogen-bond donors (Lipinski definition) is 0. The molecule has 0 amide bonds. The van der Waals surface area contributed by atoms with Gasteiger partial charge in [0.25, 0.3) is 0 Å². The number of ether oxygens (including phenoxy) is 1. The zero-order valence-electron chi connectivity index (χ0n) is 27.0. The van der Waals surface area contributed by atoms with Gasteiger partial charge in [-0.3, -0.25) is 0 Å². The van der Waals surface area contributed by atoms with Gasteiger partial charge in [0.15, 0.2) is 6.17 Å². The monoisotopic (exact) mass is 598 g/mol. The van der Waals surface area contributed by atoms with Crippen molar-refractivity contribution in [2.75, 3.05) is 6.61 Å². The summed E-state index contributed by atoms with van der Waals surface area (Å²) in [5.74, 6) is -0.716. The van der Waals surface area contributed by atoms with E-state index in [-0.39, 0.29) is 0 Å². The lowest BCUT2D eigenvalue weighted by Gasteiger charge is -2.36. The summed E-state index contributed by atoms with van der Waals surface area (Å²) >= 11 is 0. The van der Waals surface area contributed by atoms with E-state index in [4.69, 9.17) is 4.74 Å². The molecule has 0 N–H and O–H groups in total. The molecular weight excluding hydrogens is 546 g/mol. The first-order chi connectivity index (χ1) is 21.6. The molecule has 1 nitrogen and oxygen atoms in total. The Morgan fingerprint density at radius 2 is 1.02 bits per heavy atom. The minimum Gasteiger partial charge on any atom is -0.367 e. The predicted molar refractivity (Wildman–Crippen MR) is 184 cm³/mol. The van der Waals surface area contributed by atoms with Crippen LogP contribution in [0.1, 0.15) is 109 Å². The summed E-state index contributed by atoms with van der Waals surface area (Å²) in [6, 6.07) is 26.5. The topological polar surface area (TPSA) is 9.23 Å². The van der Waals surface area contributed by atoms with Gasteiger partial charge in [-0.25, -0.2) is 8.78 Å². The average molecular weight is 599 g/mol. The molecule has 4 rings (SSSR count). The second kappa shape index (κ2) is 18.1. The van der Waals surface area contributed by atoms with Gasteiger partial charge in [-0.05, 0) is 46.7 Å². The van der Waals surface area contributed by atoms with Gasteiger partial charge in [0.05, 0.1) is 0 Å². The van der Waals surface area contributed by atoms with Crippen LogP contribution in [0.15, 0.2) is 96.8 Å². The highest BCUT2D eigenvalue weighted by atomic mass is 19.2. The molecule has 44 heavy (non-hydrogen) atoms. The number of halogens is 2. The molecule has 2 atom stereocenters. The first-order valence-corrected chi connectivity index (χ1v) is 17.2. The molecule has 0 aliphatic heterocycles. The molecule has 3 aromatic carbocycles. The van der Waals surface area contributed by atoms with Crippen molar-refractivity contribution in [3.8, 4) is 22.3 Å². The molecule has 3 aromatic rings. The van der Waals surface area contributed by atoms with E-state index in [0.717, 1.165) is 48.8 Å². The second-order valence-electron chi connectivity index (χ2n) is 12.4. The first kappa shape index (κ1) is 33.8. The average Bonchev–Trinajstić information content (AvgIpc) is 3.07. The van der Waals surface area contributed by atoms with Crippen molar-refractivity contribution in [1.82, 2.24) is 0 Å². The maximum Gasteiger partial charge on any atom is 0.184 e. The Labute approximate surface area is 265 Å². The molecule has 0 bridgehead atoms. The quantitative estimate of drug-likeness (QED) is 0.125. The third kappa shape index (κ3) is 9.48. The fraction of sp³-hybridized carbons (Fsp3) is 0.463. The number of benzene rings is 3. The minimum atomic E-state index is -1.80. The SMILES string of the molecule is CCCCCCCCCCCCOC1(CCCCC)C=CC(c2ccc(-c3ccc(-c4ccccc4)cc3)cc2)=C(F)C1F. The minimum absolute atomic E-state index is 0.317. The van der Waals surface area contributed by atoms with Gasteiger partial charge >= 0.3 is 0 Å². The molecule has 236 valence electrons. The molecule has 0 radical (unpaired) electrons. The molecule has 2 unspecified atom stereocenters. The van der Waals surface area contributed by atoms with Crippen molar-refractivity contribution in [2.45, 2.75) is 116 Å². The summed E-state index contributed by atoms with van der Waals surface area (Å²) in [4.78, 5) is 0. The summed E-state index contributed by atoms with van der Waals surface area (Å²) in [6.45, 7) is 4.84. The molecule has 0 spiro atoms. The van der Waals surface area contributed by atoms with Crippen molar-refractivity contribution in [1.29, 1.82) is 0 Å². The third-order valence-corrected chi connectivity index (χ3v) is 9.00. The van der Waals surface area contributed by atoms with E-state index in [1.807, 2.05) is 42.5 Å². The van der Waals surface area contributed by atoms with E-state index in [2.05, 4.69) is 50.2 Å². The van der Waals surface area contributed by atoms with Crippen molar-refractivity contribution in [3.05, 3.63) is 102 Å². The van der Waals surface area contributed by atoms with Crippen LogP contribution in [0.3, 0.4) is 0 Å². The lowest BCUT2D eigenvalue weighted by molar-refractivity contribution is -0.0651. The van der Waals surface area contributed by atoms with Gasteiger partial charge in [0.2, 0.25) is 0 Å². The van der Waals surface area contributed by atoms with E-state index in [0.29, 0.717) is 24.2 Å². The Balaban J connectivity index is 1.34. The van der Waals surface area contributed by atoms with Crippen LogP contribution in [0, 0.1) is 0 Å². The van der Waals surface area contributed by atoms with Crippen molar-refractivity contribution >= 4 is 5.57 Å². The number of allylic oxidation sites excluding steroid dienone is 2. The fourth-order valence-corrected chi connectivity index (χ4v) is 6.21. The second-order valence-corrected chi connectivity index (χ2v) is 12.4. The summed E-state index contributed by atoms with van der Waals surface area (Å²) < 4.78 is 38.0. The van der Waals surface area contributed by atoms with E-state index in [9.17, 15) is 0 Å². The van der Waals surface area contributed by atoms with Gasteiger partial charge in [-0.15, -0.1) is 0 Å². The van der Waals surface area contributed by atoms with Gasteiger partial charge < -0.3 is 4.74 Å². The molecule has 0 saturated carbocycles. The maximum absolute atomic E-state index is 16.0. The van der Waals surface area contributed by atoms with Crippen molar-refractivity contribution < 1.29 is 13.5 Å². The Morgan fingerprint density at radius 1 is 0.568 bits per heavy atom. The summed E-state index contributed by atoms with van der Waals surface area (Å²) in [5, 5.41) is 0. The summed E-state index contributed by atoms with van der Waals surface area (Å²) in [7, 11) is 0. The Hall–Kier alpha value is -3.04. The van der Waals surface area contributed by atoms with Gasteiger partial charge in [0, 0.05) is 12.2 Å². The largest absolute Gasteiger partial charge is 0.367 e. The molecule has 0 saturated heterocycles. The van der Waals surface area contributed by atoms with E-state index in [1.165, 1.54) is 56.9 Å². The Bertz CT molecular complexity index is 1290. The number of rotatable bonds is 19. The number of unbranched alkanes of at least 4 members (excludes halogenated alkanes) is 11. The van der Waals surface area contributed by atoms with Crippen LogP contribution in [0.4, 0.5) is 8.78 Å². The van der Waals surface area contributed by atoms with Gasteiger partial charge in [0.1, 0.15) is 11.4 Å². The standard InChI is InChI=1S/C41H52F2O/c1-3-5-7-8-9-10-11-12-13-18-32-44-41(30-17-6-4-2)31-29-38(39(42)40(41)43)37-27-25-36(26-28-37)35-23-21-34(22-24-35)33-19-15-14-16-20-33/h14-16,19-29,31,40H,3-13,17-18,30,32H2,1-2H3. The smallest absolute Gasteiger partial charge is 0.184 e. The number of hydrogen-bond acceptors (Lipinski definition) is 1. The highest BCUT2D eigenvalue weighted by Crippen LogP contribution is 2.41. The summed E-state index contributed by atoms with van der Waals surface area (Å²) in [5.41, 5.74) is 4.25. The molecule has 1 aliphatic carbocycles. The van der Waals surface area contributed by atoms with Crippen molar-refractivity contribution in [2.24, 2.45) is 0 Å². The van der Waals surface area contributed by atoms with Crippen molar-refractivity contribution in [3.63, 3.8) is 0 Å². The lowest BCUT2D eigenvalue weighted by Crippen LogP contribution is -2.43. The normalized spacial score (nSPS) is 18.2. The fourth-order valence-electron chi connectivity index (χ4n) is 6.21. The van der Waals surface area contributed by atoms with Crippen LogP contribution in [0.25, 0.3) is 27.8 Å². The highest BCUT2D eigenvalue weighted by molar-refractivity contribution is 5.80. The predicted octanol–water partition coefficient (Wildman–Crippen LogP) is 12.9. The summed E-state index contributed by atoms with van der Waals surface area (Å²) in [6.07, 6.45) is 17.4. The van der Waals surface area contributed by atoms with E-state index >= 15 is 8.78 Å². The van der Waals surface area contributed by atoms with Crippen LogP contribution >= 0.6 is 0 Å². The van der Waals surface area contributed by atoms with Crippen LogP contribution < -0.4 is 0 Å². The van der Waals surface area contributed by atoms with E-state index in [1.54, 1.807) is 12.2 Å². The third-order valence-electron chi connectivity index (χ3n) is 9.00. The zero-order valence-corrected chi connectivity index (χ0v) is 27.0. The Morgan fingerprint density at radius 3 is 1.57 bits per heavy atom. The van der Waals surface area contributed by atoms with E-state index < -0.39 is 17.6 Å². The van der Waals surface area contributed by atoms with Gasteiger partial charge in [-0.2, -0.15) is 0 Å². The first-order valence-electron chi connectivity index (χ1n) is 17.2. The highest BCUT2D eigenvalue weighted by Gasteiger charge is 2.44. The molecule has 1 aliphatic rings. The number of alkyl halides is 1. The molecular formula is C41H52F2O. The Kier molecular flexibility index (Phi) is 13.9. The molecule has 0 aromatic heterocycles. The van der Waals surface area contributed by atoms with Crippen LogP contribution in [0.2, 0.25) is 0 Å². The molecule has 0 fully saturated rings. The van der Waals surface area contributed by atoms with Gasteiger partial charge in [-0.1, -0.05) is 176 Å². The molecule has 0 heterocycles. The lowest BCUT2D eigenvalue weighted by atomic mass is 9.83. The molecule has 3 heteroatoms. The van der Waals surface area contributed by atoms with Crippen LogP contribution in [-0.4, -0.2) is 18.4 Å². The van der Waals surface area contributed by atoms with Crippen LogP contribution in [0.5, 0.6) is 0 Å².